The Morgan fingerprint density at radius 2 is 1.03 bits per heavy atom. The van der Waals surface area contributed by atoms with E-state index in [9.17, 15) is 14.4 Å². The van der Waals surface area contributed by atoms with Crippen LogP contribution in [0.2, 0.25) is 0 Å². The Kier molecular flexibility index (Phi) is 18.2. The molecule has 2 atom stereocenters. The number of aromatic nitrogens is 1. The second kappa shape index (κ2) is 24.9. The third kappa shape index (κ3) is 13.5. The monoisotopic (exact) mass is 1020 g/mol. The highest BCUT2D eigenvalue weighted by Gasteiger charge is 2.35. The lowest BCUT2D eigenvalue weighted by Crippen LogP contribution is -2.34. The number of carbonyl (C=O) groups excluding carboxylic acids is 3. The molecular weight excluding hydrogens is 951 g/mol. The zero-order chi connectivity index (χ0) is 50.7. The van der Waals surface area contributed by atoms with Crippen LogP contribution in [-0.4, -0.2) is 53.4 Å². The van der Waals surface area contributed by atoms with Crippen molar-refractivity contribution < 1.29 is 14.4 Å². The molecule has 0 radical (unpaired) electrons. The molecule has 2 aliphatic heterocycles. The van der Waals surface area contributed by atoms with E-state index >= 15 is 0 Å². The van der Waals surface area contributed by atoms with E-state index in [0.717, 1.165) is 109 Å². The van der Waals surface area contributed by atoms with Crippen LogP contribution in [0.25, 0.3) is 6.08 Å². The topological polar surface area (TPSA) is 79.4 Å². The predicted octanol–water partition coefficient (Wildman–Crippen LogP) is 14.1. The van der Waals surface area contributed by atoms with Crippen molar-refractivity contribution in [3.05, 3.63) is 211 Å². The zero-order valence-corrected chi connectivity index (χ0v) is 45.1. The van der Waals surface area contributed by atoms with Crippen LogP contribution in [0.15, 0.2) is 127 Å². The lowest BCUT2D eigenvalue weighted by atomic mass is 9.85. The summed E-state index contributed by atoms with van der Waals surface area (Å²) in [7, 11) is 0. The first-order chi connectivity index (χ1) is 34.8. The number of carbonyl (C=O) groups is 3. The molecule has 6 aromatic rings. The minimum atomic E-state index is 0.162. The van der Waals surface area contributed by atoms with E-state index in [1.54, 1.807) is 12.4 Å². The standard InChI is InChI=1S/C24H29NO.C17H23NO.C17H15NO.C7H7Br/c1-17-12-21-15-22(24(26)23(21)13-18(17)2)14-19-8-10-25(11-9-19)16-20-6-4-3-5-7-20;2*1-11-7-14-10-15(9-13-3-5-18-6-4-13)17(19)16(14)8-12(11)2;8-6-7-4-2-1-3-5-7/h3-7,12-13,19,22H,8-11,14-16H2,1-2H3;7-8,13,15,18H,3-6,9-10H2,1-2H3;3-9H,10H2,1-2H3;1-5H,6H2/b;;15-9+;. The highest BCUT2D eigenvalue weighted by atomic mass is 79.9. The van der Waals surface area contributed by atoms with Gasteiger partial charge in [0.2, 0.25) is 0 Å². The minimum Gasteiger partial charge on any atom is -0.317 e. The number of hydrogen-bond acceptors (Lipinski definition) is 6. The molecule has 2 unspecified atom stereocenters. The van der Waals surface area contributed by atoms with Gasteiger partial charge in [0.1, 0.15) is 0 Å². The molecule has 374 valence electrons. The number of aryl methyl sites for hydroxylation is 6. The first-order valence-corrected chi connectivity index (χ1v) is 27.6. The van der Waals surface area contributed by atoms with Gasteiger partial charge in [-0.2, -0.15) is 0 Å². The highest BCUT2D eigenvalue weighted by Crippen LogP contribution is 2.37. The van der Waals surface area contributed by atoms with E-state index < -0.39 is 0 Å². The van der Waals surface area contributed by atoms with Gasteiger partial charge >= 0.3 is 0 Å². The molecule has 11 rings (SSSR count). The maximum Gasteiger partial charge on any atom is 0.189 e. The Labute approximate surface area is 438 Å². The summed E-state index contributed by atoms with van der Waals surface area (Å²) < 4.78 is 0. The number of hydrogen-bond donors (Lipinski definition) is 1. The first kappa shape index (κ1) is 52.7. The predicted molar refractivity (Wildman–Crippen MR) is 299 cm³/mol. The summed E-state index contributed by atoms with van der Waals surface area (Å²) in [6.07, 6.45) is 15.2. The molecule has 3 heterocycles. The number of pyridine rings is 1. The van der Waals surface area contributed by atoms with Gasteiger partial charge in [-0.25, -0.2) is 0 Å². The zero-order valence-electron chi connectivity index (χ0n) is 43.5. The molecule has 0 saturated carbocycles. The molecule has 1 aromatic heterocycles. The molecule has 7 heteroatoms. The quantitative estimate of drug-likeness (QED) is 0.121. The third-order valence-corrected chi connectivity index (χ3v) is 16.6. The van der Waals surface area contributed by atoms with Crippen LogP contribution in [-0.2, 0) is 31.1 Å². The number of Topliss-reactive ketones (excluding diaryl/α,β-unsaturated/α-hetero) is 3. The van der Waals surface area contributed by atoms with E-state index in [4.69, 9.17) is 0 Å². The molecule has 6 nitrogen and oxygen atoms in total. The van der Waals surface area contributed by atoms with Gasteiger partial charge in [0.05, 0.1) is 0 Å². The number of ketones is 3. The molecule has 0 amide bonds. The Morgan fingerprint density at radius 1 is 0.569 bits per heavy atom. The van der Waals surface area contributed by atoms with Crippen LogP contribution in [0.5, 0.6) is 0 Å². The average molecular weight is 1030 g/mol. The van der Waals surface area contributed by atoms with E-state index in [1.165, 1.54) is 81.3 Å². The number of fused-ring (bicyclic) bond motifs is 3. The van der Waals surface area contributed by atoms with Crippen molar-refractivity contribution in [1.82, 2.24) is 15.2 Å². The number of likely N-dealkylation sites (tertiary alicyclic amines) is 1. The summed E-state index contributed by atoms with van der Waals surface area (Å²) in [4.78, 5) is 44.3. The first-order valence-electron chi connectivity index (χ1n) is 26.4. The number of nitrogens with zero attached hydrogens (tertiary/aromatic N) is 2. The fourth-order valence-electron chi connectivity index (χ4n) is 11.3. The summed E-state index contributed by atoms with van der Waals surface area (Å²) in [5.74, 6) is 2.87. The highest BCUT2D eigenvalue weighted by molar-refractivity contribution is 9.08. The SMILES string of the molecule is BrCc1ccccc1.Cc1cc2c(cc1C)C(=O)/C(=C/c1ccncc1)C2.Cc1cc2c(cc1C)C(=O)C(CC1CCN(Cc3ccccc3)CC1)C2.Cc1cc2c(cc1C)C(=O)C(CC1CCNCC1)C2. The van der Waals surface area contributed by atoms with Crippen LogP contribution < -0.4 is 5.32 Å². The molecule has 1 N–H and O–H groups in total. The van der Waals surface area contributed by atoms with Crippen LogP contribution in [0.1, 0.15) is 136 Å². The summed E-state index contributed by atoms with van der Waals surface area (Å²) in [5, 5.41) is 4.35. The number of rotatable bonds is 8. The lowest BCUT2D eigenvalue weighted by molar-refractivity contribution is 0.0893. The van der Waals surface area contributed by atoms with Crippen molar-refractivity contribution in [2.75, 3.05) is 26.2 Å². The number of halogens is 1. The van der Waals surface area contributed by atoms with E-state index in [1.807, 2.05) is 49.4 Å². The van der Waals surface area contributed by atoms with Crippen LogP contribution >= 0.6 is 15.9 Å². The fraction of sp³-hybridized carbons (Fsp3) is 0.385. The van der Waals surface area contributed by atoms with Crippen molar-refractivity contribution in [2.45, 2.75) is 111 Å². The summed E-state index contributed by atoms with van der Waals surface area (Å²) in [6.45, 7) is 18.3. The van der Waals surface area contributed by atoms with Gasteiger partial charge in [-0.1, -0.05) is 94.8 Å². The molecule has 0 bridgehead atoms. The minimum absolute atomic E-state index is 0.162. The molecule has 5 aliphatic rings. The number of piperidine rings is 2. The van der Waals surface area contributed by atoms with Gasteiger partial charge in [0.25, 0.3) is 0 Å². The van der Waals surface area contributed by atoms with Crippen LogP contribution in [0.3, 0.4) is 0 Å². The van der Waals surface area contributed by atoms with Crippen LogP contribution in [0, 0.1) is 65.2 Å². The lowest BCUT2D eigenvalue weighted by Gasteiger charge is -2.33. The second-order valence-corrected chi connectivity index (χ2v) is 21.8. The number of allylic oxidation sites excluding steroid dienone is 1. The van der Waals surface area contributed by atoms with Crippen LogP contribution in [0.4, 0.5) is 0 Å². The smallest absolute Gasteiger partial charge is 0.189 e. The maximum absolute atomic E-state index is 12.8. The van der Waals surface area contributed by atoms with E-state index in [0.29, 0.717) is 17.5 Å². The summed E-state index contributed by atoms with van der Waals surface area (Å²) in [6, 6.07) is 37.7. The second-order valence-electron chi connectivity index (χ2n) is 21.3. The van der Waals surface area contributed by atoms with Gasteiger partial charge < -0.3 is 5.32 Å². The van der Waals surface area contributed by atoms with Crippen molar-refractivity contribution in [2.24, 2.45) is 23.7 Å². The Bertz CT molecular complexity index is 2860. The van der Waals surface area contributed by atoms with Gasteiger partial charge in [-0.05, 0) is 234 Å². The Morgan fingerprint density at radius 3 is 1.53 bits per heavy atom. The van der Waals surface area contributed by atoms with Crippen molar-refractivity contribution in [3.63, 3.8) is 0 Å². The molecule has 72 heavy (non-hydrogen) atoms. The van der Waals surface area contributed by atoms with Crippen molar-refractivity contribution in [1.29, 1.82) is 0 Å². The van der Waals surface area contributed by atoms with E-state index in [2.05, 4.69) is 139 Å². The molecule has 0 spiro atoms. The number of nitrogens with one attached hydrogen (secondary N) is 1. The molecular formula is C65H74BrN3O3. The fourth-order valence-corrected chi connectivity index (χ4v) is 11.6. The molecule has 2 saturated heterocycles. The summed E-state index contributed by atoms with van der Waals surface area (Å²) in [5.41, 5.74) is 18.7. The normalized spacial score (nSPS) is 19.1. The number of alkyl halides is 1. The molecule has 5 aromatic carbocycles. The number of benzene rings is 5. The largest absolute Gasteiger partial charge is 0.317 e. The maximum atomic E-state index is 12.8. The Hall–Kier alpha value is -5.60. The van der Waals surface area contributed by atoms with Gasteiger partial charge in [-0.3, -0.25) is 24.3 Å². The van der Waals surface area contributed by atoms with Gasteiger partial charge in [0, 0.05) is 64.8 Å². The Balaban J connectivity index is 0.000000136. The average Bonchev–Trinajstić information content (AvgIpc) is 3.97. The molecule has 2 fully saturated rings. The van der Waals surface area contributed by atoms with E-state index in [-0.39, 0.29) is 17.6 Å². The van der Waals surface area contributed by atoms with Crippen molar-refractivity contribution >= 4 is 39.4 Å². The third-order valence-electron chi connectivity index (χ3n) is 16.0. The van der Waals surface area contributed by atoms with Gasteiger partial charge in [-0.15, -0.1) is 0 Å². The van der Waals surface area contributed by atoms with Gasteiger partial charge in [0.15, 0.2) is 17.3 Å². The molecule has 3 aliphatic carbocycles. The van der Waals surface area contributed by atoms with Crippen molar-refractivity contribution in [3.8, 4) is 0 Å². The summed E-state index contributed by atoms with van der Waals surface area (Å²) >= 11 is 3.36.